The number of hydrogen-bond acceptors (Lipinski definition) is 3. The molecule has 78 valence electrons. The highest BCUT2D eigenvalue weighted by molar-refractivity contribution is 9.10. The Bertz CT molecular complexity index is 412. The summed E-state index contributed by atoms with van der Waals surface area (Å²) < 4.78 is 0.822. The highest BCUT2D eigenvalue weighted by Gasteiger charge is 1.99. The minimum Gasteiger partial charge on any atom is -0.384 e. The van der Waals surface area contributed by atoms with Crippen molar-refractivity contribution in [1.82, 2.24) is 0 Å². The van der Waals surface area contributed by atoms with E-state index in [0.717, 1.165) is 10.2 Å². The Morgan fingerprint density at radius 1 is 1.53 bits per heavy atom. The predicted octanol–water partition coefficient (Wildman–Crippen LogP) is 1.61. The highest BCUT2D eigenvalue weighted by Crippen LogP contribution is 2.18. The average Bonchev–Trinajstić information content (AvgIpc) is 2.16. The number of nitriles is 1. The zero-order valence-corrected chi connectivity index (χ0v) is 9.54. The van der Waals surface area contributed by atoms with Gasteiger partial charge in [0.1, 0.15) is 0 Å². The summed E-state index contributed by atoms with van der Waals surface area (Å²) in [6, 6.07) is 7.32. The molecule has 0 aliphatic carbocycles. The van der Waals surface area contributed by atoms with Gasteiger partial charge in [-0.1, -0.05) is 15.9 Å². The monoisotopic (exact) mass is 267 g/mol. The normalized spacial score (nSPS) is 9.33. The second-order valence-electron chi connectivity index (χ2n) is 2.98. The largest absolute Gasteiger partial charge is 0.384 e. The Kier molecular flexibility index (Phi) is 4.13. The SMILES string of the molecule is N#Cc1cc(Br)cc(NCCC(N)=O)c1. The number of nitrogens with two attached hydrogens (primary N) is 1. The number of amides is 1. The van der Waals surface area contributed by atoms with E-state index in [4.69, 9.17) is 11.0 Å². The van der Waals surface area contributed by atoms with Gasteiger partial charge in [0.25, 0.3) is 0 Å². The van der Waals surface area contributed by atoms with E-state index < -0.39 is 0 Å². The molecule has 0 aliphatic heterocycles. The zero-order valence-electron chi connectivity index (χ0n) is 7.96. The molecule has 3 N–H and O–H groups in total. The van der Waals surface area contributed by atoms with Gasteiger partial charge in [0.05, 0.1) is 11.6 Å². The van der Waals surface area contributed by atoms with Gasteiger partial charge in [0, 0.05) is 23.1 Å². The van der Waals surface area contributed by atoms with E-state index in [0.29, 0.717) is 12.1 Å². The molecule has 0 aliphatic rings. The summed E-state index contributed by atoms with van der Waals surface area (Å²) in [7, 11) is 0. The molecule has 0 saturated heterocycles. The van der Waals surface area contributed by atoms with Crippen LogP contribution in [0.25, 0.3) is 0 Å². The van der Waals surface area contributed by atoms with Gasteiger partial charge in [-0.2, -0.15) is 5.26 Å². The third kappa shape index (κ3) is 4.00. The van der Waals surface area contributed by atoms with Crippen molar-refractivity contribution >= 4 is 27.5 Å². The lowest BCUT2D eigenvalue weighted by atomic mass is 10.2. The lowest BCUT2D eigenvalue weighted by Crippen LogP contribution is -2.15. The summed E-state index contributed by atoms with van der Waals surface area (Å²) in [6.45, 7) is 0.469. The van der Waals surface area contributed by atoms with E-state index in [2.05, 4.69) is 21.2 Å². The van der Waals surface area contributed by atoms with E-state index in [9.17, 15) is 4.79 Å². The molecular weight excluding hydrogens is 258 g/mol. The fourth-order valence-corrected chi connectivity index (χ4v) is 1.58. The van der Waals surface area contributed by atoms with Crippen molar-refractivity contribution in [3.63, 3.8) is 0 Å². The van der Waals surface area contributed by atoms with E-state index in [1.54, 1.807) is 12.1 Å². The van der Waals surface area contributed by atoms with Crippen LogP contribution in [0.15, 0.2) is 22.7 Å². The van der Waals surface area contributed by atoms with Gasteiger partial charge >= 0.3 is 0 Å². The van der Waals surface area contributed by atoms with Crippen molar-refractivity contribution in [3.8, 4) is 6.07 Å². The van der Waals surface area contributed by atoms with Gasteiger partial charge < -0.3 is 11.1 Å². The molecule has 0 unspecified atom stereocenters. The minimum atomic E-state index is -0.349. The summed E-state index contributed by atoms with van der Waals surface area (Å²) in [5.74, 6) is -0.349. The van der Waals surface area contributed by atoms with Crippen LogP contribution in [0.2, 0.25) is 0 Å². The fourth-order valence-electron chi connectivity index (χ4n) is 1.09. The van der Waals surface area contributed by atoms with Gasteiger partial charge in [-0.3, -0.25) is 4.79 Å². The number of carbonyl (C=O) groups excluding carboxylic acids is 1. The van der Waals surface area contributed by atoms with E-state index in [1.807, 2.05) is 12.1 Å². The van der Waals surface area contributed by atoms with Gasteiger partial charge in [0.15, 0.2) is 0 Å². The predicted molar refractivity (Wildman–Crippen MR) is 61.2 cm³/mol. The molecule has 1 aromatic carbocycles. The second-order valence-corrected chi connectivity index (χ2v) is 3.90. The molecule has 1 aromatic rings. The highest BCUT2D eigenvalue weighted by atomic mass is 79.9. The first kappa shape index (κ1) is 11.5. The first-order chi connectivity index (χ1) is 7.11. The third-order valence-corrected chi connectivity index (χ3v) is 2.19. The van der Waals surface area contributed by atoms with Gasteiger partial charge in [-0.15, -0.1) is 0 Å². The molecule has 0 heterocycles. The van der Waals surface area contributed by atoms with Crippen molar-refractivity contribution in [2.75, 3.05) is 11.9 Å². The molecule has 15 heavy (non-hydrogen) atoms. The molecule has 5 heteroatoms. The number of primary amides is 1. The Morgan fingerprint density at radius 3 is 2.87 bits per heavy atom. The van der Waals surface area contributed by atoms with Gasteiger partial charge in [-0.25, -0.2) is 0 Å². The maximum atomic E-state index is 10.5. The Hall–Kier alpha value is -1.54. The second kappa shape index (κ2) is 5.37. The van der Waals surface area contributed by atoms with Crippen LogP contribution >= 0.6 is 15.9 Å². The summed E-state index contributed by atoms with van der Waals surface area (Å²) in [5.41, 5.74) is 6.36. The first-order valence-corrected chi connectivity index (χ1v) is 5.14. The average molecular weight is 268 g/mol. The van der Waals surface area contributed by atoms with Crippen LogP contribution in [-0.4, -0.2) is 12.5 Å². The number of carbonyl (C=O) groups is 1. The molecule has 0 saturated carbocycles. The maximum absolute atomic E-state index is 10.5. The van der Waals surface area contributed by atoms with Crippen LogP contribution in [0.3, 0.4) is 0 Å². The van der Waals surface area contributed by atoms with Gasteiger partial charge in [0.2, 0.25) is 5.91 Å². The number of anilines is 1. The number of benzene rings is 1. The Labute approximate surface area is 96.2 Å². The molecule has 0 spiro atoms. The molecule has 4 nitrogen and oxygen atoms in total. The van der Waals surface area contributed by atoms with Crippen LogP contribution < -0.4 is 11.1 Å². The topological polar surface area (TPSA) is 78.9 Å². The van der Waals surface area contributed by atoms with E-state index in [1.165, 1.54) is 0 Å². The van der Waals surface area contributed by atoms with Gasteiger partial charge in [-0.05, 0) is 18.2 Å². The van der Waals surface area contributed by atoms with Crippen LogP contribution in [-0.2, 0) is 4.79 Å². The van der Waals surface area contributed by atoms with Crippen molar-refractivity contribution in [2.45, 2.75) is 6.42 Å². The molecule has 0 atom stereocenters. The first-order valence-electron chi connectivity index (χ1n) is 4.34. The Morgan fingerprint density at radius 2 is 2.27 bits per heavy atom. The molecule has 0 fully saturated rings. The number of nitrogens with zero attached hydrogens (tertiary/aromatic N) is 1. The summed E-state index contributed by atoms with van der Waals surface area (Å²) in [4.78, 5) is 10.5. The smallest absolute Gasteiger partial charge is 0.219 e. The number of hydrogen-bond donors (Lipinski definition) is 2. The standard InChI is InChI=1S/C10H10BrN3O/c11-8-3-7(6-12)4-9(5-8)14-2-1-10(13)15/h3-5,14H,1-2H2,(H2,13,15). The molecule has 0 radical (unpaired) electrons. The lowest BCUT2D eigenvalue weighted by Gasteiger charge is -2.05. The Balaban J connectivity index is 2.65. The number of rotatable bonds is 4. The lowest BCUT2D eigenvalue weighted by molar-refractivity contribution is -0.117. The quantitative estimate of drug-likeness (QED) is 0.870. The molecule has 0 bridgehead atoms. The van der Waals surface area contributed by atoms with Crippen LogP contribution in [0.5, 0.6) is 0 Å². The van der Waals surface area contributed by atoms with Crippen LogP contribution in [0, 0.1) is 11.3 Å². The summed E-state index contributed by atoms with van der Waals surface area (Å²) >= 11 is 3.29. The van der Waals surface area contributed by atoms with Crippen molar-refractivity contribution in [3.05, 3.63) is 28.2 Å². The molecule has 1 amide bonds. The van der Waals surface area contributed by atoms with Crippen molar-refractivity contribution in [2.24, 2.45) is 5.73 Å². The number of nitrogens with one attached hydrogen (secondary N) is 1. The van der Waals surface area contributed by atoms with E-state index in [-0.39, 0.29) is 12.3 Å². The molecule has 1 rings (SSSR count). The summed E-state index contributed by atoms with van der Waals surface area (Å²) in [6.07, 6.45) is 0.272. The zero-order chi connectivity index (χ0) is 11.3. The molecular formula is C10H10BrN3O. The maximum Gasteiger partial charge on any atom is 0.219 e. The third-order valence-electron chi connectivity index (χ3n) is 1.73. The number of halogens is 1. The molecule has 0 aromatic heterocycles. The van der Waals surface area contributed by atoms with Crippen LogP contribution in [0.4, 0.5) is 5.69 Å². The fraction of sp³-hybridized carbons (Fsp3) is 0.200. The van der Waals surface area contributed by atoms with E-state index >= 15 is 0 Å². The summed E-state index contributed by atoms with van der Waals surface area (Å²) in [5, 5.41) is 11.7. The van der Waals surface area contributed by atoms with Crippen molar-refractivity contribution < 1.29 is 4.79 Å². The van der Waals surface area contributed by atoms with Crippen molar-refractivity contribution in [1.29, 1.82) is 5.26 Å². The van der Waals surface area contributed by atoms with Crippen LogP contribution in [0.1, 0.15) is 12.0 Å². The minimum absolute atomic E-state index is 0.272.